The number of esters is 1. The van der Waals surface area contributed by atoms with Crippen molar-refractivity contribution in [3.05, 3.63) is 22.8 Å². The average Bonchev–Trinajstić information content (AvgIpc) is 2.30. The van der Waals surface area contributed by atoms with Gasteiger partial charge in [-0.15, -0.1) is 0 Å². The second-order valence-corrected chi connectivity index (χ2v) is 4.85. The minimum absolute atomic E-state index is 0.120. The zero-order valence-electron chi connectivity index (χ0n) is 12.3. The van der Waals surface area contributed by atoms with Gasteiger partial charge in [-0.3, -0.25) is 9.59 Å². The molecule has 0 aliphatic carbocycles. The first-order chi connectivity index (χ1) is 8.75. The Bertz CT molecular complexity index is 419. The third kappa shape index (κ3) is 7.34. The molecule has 0 spiro atoms. The normalized spacial score (nSPS) is 9.53. The van der Waals surface area contributed by atoms with Gasteiger partial charge in [0, 0.05) is 13.3 Å². The topological polar surface area (TPSA) is 60.4 Å². The lowest BCUT2D eigenvalue weighted by atomic mass is 10.1. The molecule has 0 aromatic heterocycles. The van der Waals surface area contributed by atoms with Crippen molar-refractivity contribution in [2.24, 2.45) is 0 Å². The molecule has 0 saturated carbocycles. The number of allylic oxidation sites excluding steroid dienone is 2. The number of carbonyl (C=O) groups is 3. The van der Waals surface area contributed by atoms with Crippen molar-refractivity contribution in [2.45, 2.75) is 47.5 Å². The van der Waals surface area contributed by atoms with Gasteiger partial charge in [0.05, 0.1) is 12.2 Å². The Labute approximate surface area is 114 Å². The van der Waals surface area contributed by atoms with Crippen LogP contribution in [0.5, 0.6) is 0 Å². The number of Topliss-reactive ketones (excluding diaryl/α,β-unsaturated/α-hetero) is 2. The van der Waals surface area contributed by atoms with E-state index in [1.165, 1.54) is 6.92 Å². The standard InChI is InChI=1S/C15H22O4/c1-10(2)9-13(11(3)4)15(18)19-8-6-7-14(17)12(5)16/h9H,6-8H2,1-5H3. The Morgan fingerprint density at radius 2 is 1.58 bits per heavy atom. The maximum atomic E-state index is 11.8. The van der Waals surface area contributed by atoms with E-state index in [0.717, 1.165) is 11.1 Å². The molecule has 19 heavy (non-hydrogen) atoms. The minimum atomic E-state index is -0.458. The molecule has 0 aliphatic heterocycles. The van der Waals surface area contributed by atoms with Crippen LogP contribution < -0.4 is 0 Å². The highest BCUT2D eigenvalue weighted by Gasteiger charge is 2.11. The van der Waals surface area contributed by atoms with Gasteiger partial charge < -0.3 is 4.74 Å². The summed E-state index contributed by atoms with van der Waals surface area (Å²) in [5, 5.41) is 0. The molecule has 0 amide bonds. The molecule has 4 heteroatoms. The van der Waals surface area contributed by atoms with Crippen LogP contribution in [0.1, 0.15) is 47.5 Å². The van der Waals surface area contributed by atoms with Crippen LogP contribution in [0.4, 0.5) is 0 Å². The minimum Gasteiger partial charge on any atom is -0.462 e. The first-order valence-electron chi connectivity index (χ1n) is 6.29. The lowest BCUT2D eigenvalue weighted by Crippen LogP contribution is -2.13. The van der Waals surface area contributed by atoms with Crippen molar-refractivity contribution < 1.29 is 19.1 Å². The number of ether oxygens (including phenoxy) is 1. The van der Waals surface area contributed by atoms with Crippen molar-refractivity contribution >= 4 is 17.5 Å². The van der Waals surface area contributed by atoms with E-state index in [4.69, 9.17) is 4.74 Å². The summed E-state index contributed by atoms with van der Waals surface area (Å²) < 4.78 is 5.09. The van der Waals surface area contributed by atoms with Crippen LogP contribution in [-0.4, -0.2) is 24.1 Å². The number of hydrogen-bond donors (Lipinski definition) is 0. The molecule has 0 atom stereocenters. The van der Waals surface area contributed by atoms with Crippen LogP contribution in [0.3, 0.4) is 0 Å². The molecule has 0 aromatic carbocycles. The molecule has 0 aromatic rings. The Balaban J connectivity index is 4.32. The van der Waals surface area contributed by atoms with E-state index in [-0.39, 0.29) is 13.0 Å². The summed E-state index contributed by atoms with van der Waals surface area (Å²) in [5.41, 5.74) is 2.43. The van der Waals surface area contributed by atoms with Crippen molar-refractivity contribution in [1.29, 1.82) is 0 Å². The van der Waals surface area contributed by atoms with Gasteiger partial charge in [-0.2, -0.15) is 0 Å². The van der Waals surface area contributed by atoms with Crippen LogP contribution >= 0.6 is 0 Å². The molecule has 0 radical (unpaired) electrons. The maximum absolute atomic E-state index is 11.8. The van der Waals surface area contributed by atoms with E-state index in [2.05, 4.69) is 0 Å². The molecule has 4 nitrogen and oxygen atoms in total. The third-order valence-corrected chi connectivity index (χ3v) is 2.37. The summed E-state index contributed by atoms with van der Waals surface area (Å²) in [7, 11) is 0. The van der Waals surface area contributed by atoms with Gasteiger partial charge in [0.1, 0.15) is 0 Å². The maximum Gasteiger partial charge on any atom is 0.338 e. The van der Waals surface area contributed by atoms with E-state index >= 15 is 0 Å². The Morgan fingerprint density at radius 1 is 1.00 bits per heavy atom. The van der Waals surface area contributed by atoms with Crippen LogP contribution in [0.25, 0.3) is 0 Å². The van der Waals surface area contributed by atoms with Gasteiger partial charge in [0.25, 0.3) is 0 Å². The van der Waals surface area contributed by atoms with Crippen molar-refractivity contribution in [2.75, 3.05) is 6.61 Å². The van der Waals surface area contributed by atoms with Gasteiger partial charge >= 0.3 is 5.97 Å². The zero-order chi connectivity index (χ0) is 15.0. The van der Waals surface area contributed by atoms with Gasteiger partial charge in [0.15, 0.2) is 11.6 Å². The fourth-order valence-corrected chi connectivity index (χ4v) is 1.35. The first kappa shape index (κ1) is 17.3. The molecule has 0 bridgehead atoms. The van der Waals surface area contributed by atoms with Crippen molar-refractivity contribution in [1.82, 2.24) is 0 Å². The van der Waals surface area contributed by atoms with Crippen LogP contribution in [0, 0.1) is 0 Å². The van der Waals surface area contributed by atoms with Crippen LogP contribution in [-0.2, 0) is 19.1 Å². The summed E-state index contributed by atoms with van der Waals surface area (Å²) in [5.74, 6) is -1.28. The molecule has 0 heterocycles. The highest BCUT2D eigenvalue weighted by Crippen LogP contribution is 2.11. The quantitative estimate of drug-likeness (QED) is 0.234. The molecule has 0 N–H and O–H groups in total. The van der Waals surface area contributed by atoms with Crippen molar-refractivity contribution in [3.8, 4) is 0 Å². The molecular weight excluding hydrogens is 244 g/mol. The summed E-state index contributed by atoms with van der Waals surface area (Å²) in [6.45, 7) is 8.88. The van der Waals surface area contributed by atoms with Gasteiger partial charge in [-0.1, -0.05) is 11.1 Å². The Hall–Kier alpha value is -1.71. The zero-order valence-corrected chi connectivity index (χ0v) is 12.3. The molecule has 0 fully saturated rings. The molecule has 0 saturated heterocycles. The molecule has 106 valence electrons. The average molecular weight is 266 g/mol. The van der Waals surface area contributed by atoms with Crippen molar-refractivity contribution in [3.63, 3.8) is 0 Å². The first-order valence-corrected chi connectivity index (χ1v) is 6.29. The summed E-state index contributed by atoms with van der Waals surface area (Å²) >= 11 is 0. The highest BCUT2D eigenvalue weighted by atomic mass is 16.5. The summed E-state index contributed by atoms with van der Waals surface area (Å²) in [6.07, 6.45) is 2.27. The predicted octanol–water partition coefficient (Wildman–Crippen LogP) is 2.77. The summed E-state index contributed by atoms with van der Waals surface area (Å²) in [4.78, 5) is 33.6. The number of rotatable bonds is 7. The van der Waals surface area contributed by atoms with E-state index in [0.29, 0.717) is 12.0 Å². The number of carbonyl (C=O) groups excluding carboxylic acids is 3. The smallest absolute Gasteiger partial charge is 0.338 e. The fraction of sp³-hybridized carbons (Fsp3) is 0.533. The summed E-state index contributed by atoms with van der Waals surface area (Å²) in [6, 6.07) is 0. The fourth-order valence-electron chi connectivity index (χ4n) is 1.35. The van der Waals surface area contributed by atoms with E-state index in [1.807, 2.05) is 27.7 Å². The number of hydrogen-bond acceptors (Lipinski definition) is 4. The Kier molecular flexibility index (Phi) is 7.65. The second-order valence-electron chi connectivity index (χ2n) is 4.85. The van der Waals surface area contributed by atoms with Gasteiger partial charge in [0.2, 0.25) is 0 Å². The SMILES string of the molecule is CC(=O)C(=O)CCCOC(=O)C(C=C(C)C)=C(C)C. The lowest BCUT2D eigenvalue weighted by Gasteiger charge is -2.07. The monoisotopic (exact) mass is 266 g/mol. The van der Waals surface area contributed by atoms with Crippen LogP contribution in [0.15, 0.2) is 22.8 Å². The molecular formula is C15H22O4. The predicted molar refractivity (Wildman–Crippen MR) is 73.7 cm³/mol. The van der Waals surface area contributed by atoms with Crippen LogP contribution in [0.2, 0.25) is 0 Å². The van der Waals surface area contributed by atoms with Gasteiger partial charge in [-0.25, -0.2) is 4.79 Å². The molecule has 0 aliphatic rings. The number of ketones is 2. The molecule has 0 rings (SSSR count). The van der Waals surface area contributed by atoms with Gasteiger partial charge in [-0.05, 0) is 40.2 Å². The Morgan fingerprint density at radius 3 is 2.00 bits per heavy atom. The van der Waals surface area contributed by atoms with E-state index in [9.17, 15) is 14.4 Å². The largest absolute Gasteiger partial charge is 0.462 e. The second kappa shape index (κ2) is 8.40. The highest BCUT2D eigenvalue weighted by molar-refractivity contribution is 6.36. The molecule has 0 unspecified atom stereocenters. The lowest BCUT2D eigenvalue weighted by molar-refractivity contribution is -0.139. The van der Waals surface area contributed by atoms with E-state index in [1.54, 1.807) is 6.08 Å². The third-order valence-electron chi connectivity index (χ3n) is 2.37. The van der Waals surface area contributed by atoms with E-state index < -0.39 is 17.5 Å².